The van der Waals surface area contributed by atoms with Crippen LogP contribution in [0.5, 0.6) is 5.75 Å². The number of benzene rings is 2. The molecule has 1 heterocycles. The largest absolute Gasteiger partial charge is 0.477 e. The summed E-state index contributed by atoms with van der Waals surface area (Å²) in [6.45, 7) is 6.67. The average molecular weight is 410 g/mol. The summed E-state index contributed by atoms with van der Waals surface area (Å²) in [7, 11) is 0. The quantitative estimate of drug-likeness (QED) is 0.696. The summed E-state index contributed by atoms with van der Waals surface area (Å²) >= 11 is 0. The summed E-state index contributed by atoms with van der Waals surface area (Å²) in [5.74, 6) is 0.349. The summed E-state index contributed by atoms with van der Waals surface area (Å²) < 4.78 is 5.95. The molecule has 6 nitrogen and oxygen atoms in total. The van der Waals surface area contributed by atoms with Crippen molar-refractivity contribution in [3.05, 3.63) is 54.1 Å². The number of amides is 2. The molecule has 1 unspecified atom stereocenters. The van der Waals surface area contributed by atoms with Crippen LogP contribution in [0.1, 0.15) is 39.2 Å². The fraction of sp³-hybridized carbons (Fsp3) is 0.417. The molecule has 0 aliphatic carbocycles. The third-order valence-corrected chi connectivity index (χ3v) is 5.47. The Hall–Kier alpha value is -3.02. The topological polar surface area (TPSA) is 70.7 Å². The summed E-state index contributed by atoms with van der Waals surface area (Å²) in [5, 5.41) is 5.99. The second-order valence-corrected chi connectivity index (χ2v) is 7.58. The van der Waals surface area contributed by atoms with E-state index < -0.39 is 6.10 Å². The highest BCUT2D eigenvalue weighted by atomic mass is 16.5. The van der Waals surface area contributed by atoms with Crippen LogP contribution in [0, 0.1) is 0 Å². The summed E-state index contributed by atoms with van der Waals surface area (Å²) in [6, 6.07) is 15.5. The maximum absolute atomic E-state index is 12.8. The molecule has 0 spiro atoms. The Morgan fingerprint density at radius 3 is 2.43 bits per heavy atom. The summed E-state index contributed by atoms with van der Waals surface area (Å²) in [5.41, 5.74) is 2.81. The van der Waals surface area contributed by atoms with Gasteiger partial charge in [-0.3, -0.25) is 9.59 Å². The van der Waals surface area contributed by atoms with Gasteiger partial charge in [0.05, 0.1) is 18.8 Å². The average Bonchev–Trinajstić information content (AvgIpc) is 2.77. The smallest absolute Gasteiger partial charge is 0.263 e. The molecular formula is C24H31N3O3. The number of anilines is 2. The lowest BCUT2D eigenvalue weighted by Gasteiger charge is -2.35. The summed E-state index contributed by atoms with van der Waals surface area (Å²) in [4.78, 5) is 27.4. The highest BCUT2D eigenvalue weighted by Gasteiger charge is 2.32. The predicted octanol–water partition coefficient (Wildman–Crippen LogP) is 3.76. The van der Waals surface area contributed by atoms with Crippen molar-refractivity contribution in [3.8, 4) is 5.75 Å². The van der Waals surface area contributed by atoms with E-state index in [0.717, 1.165) is 30.6 Å². The molecule has 0 saturated heterocycles. The van der Waals surface area contributed by atoms with E-state index in [1.165, 1.54) is 5.56 Å². The Morgan fingerprint density at radius 2 is 1.77 bits per heavy atom. The Kier molecular flexibility index (Phi) is 7.33. The van der Waals surface area contributed by atoms with Gasteiger partial charge < -0.3 is 20.3 Å². The van der Waals surface area contributed by atoms with Crippen LogP contribution in [-0.2, 0) is 16.0 Å². The highest BCUT2D eigenvalue weighted by Crippen LogP contribution is 2.33. The first-order valence-corrected chi connectivity index (χ1v) is 10.7. The van der Waals surface area contributed by atoms with E-state index >= 15 is 0 Å². The molecule has 160 valence electrons. The molecule has 0 aromatic heterocycles. The number of para-hydroxylation sites is 2. The van der Waals surface area contributed by atoms with Crippen LogP contribution in [0.3, 0.4) is 0 Å². The Morgan fingerprint density at radius 1 is 1.07 bits per heavy atom. The van der Waals surface area contributed by atoms with E-state index in [2.05, 4.69) is 31.4 Å². The number of nitrogens with zero attached hydrogens (tertiary/aromatic N) is 1. The molecule has 3 rings (SSSR count). The maximum Gasteiger partial charge on any atom is 0.263 e. The molecule has 0 radical (unpaired) electrons. The molecule has 30 heavy (non-hydrogen) atoms. The SMILES string of the molecule is CCc1ccc(NC(=O)CN2CC(C(=O)NC(CC)CC)Oc3ccccc32)cc1. The minimum Gasteiger partial charge on any atom is -0.477 e. The first kappa shape index (κ1) is 21.7. The lowest BCUT2D eigenvalue weighted by atomic mass is 10.1. The van der Waals surface area contributed by atoms with Crippen LogP contribution < -0.4 is 20.3 Å². The Balaban J connectivity index is 1.70. The van der Waals surface area contributed by atoms with Crippen LogP contribution in [-0.4, -0.2) is 37.0 Å². The molecule has 0 fully saturated rings. The van der Waals surface area contributed by atoms with Crippen molar-refractivity contribution < 1.29 is 14.3 Å². The number of aryl methyl sites for hydroxylation is 1. The molecule has 1 aliphatic heterocycles. The second-order valence-electron chi connectivity index (χ2n) is 7.58. The molecule has 6 heteroatoms. The van der Waals surface area contributed by atoms with E-state index in [0.29, 0.717) is 12.3 Å². The van der Waals surface area contributed by atoms with E-state index in [1.54, 1.807) is 0 Å². The lowest BCUT2D eigenvalue weighted by Crippen LogP contribution is -2.52. The zero-order valence-electron chi connectivity index (χ0n) is 18.0. The van der Waals surface area contributed by atoms with Crippen LogP contribution in [0.4, 0.5) is 11.4 Å². The van der Waals surface area contributed by atoms with Crippen molar-refractivity contribution in [2.75, 3.05) is 23.3 Å². The number of nitrogens with one attached hydrogen (secondary N) is 2. The minimum absolute atomic E-state index is 0.126. The van der Waals surface area contributed by atoms with Gasteiger partial charge in [-0.25, -0.2) is 0 Å². The first-order chi connectivity index (χ1) is 14.5. The number of carbonyl (C=O) groups excluding carboxylic acids is 2. The second kappa shape index (κ2) is 10.1. The van der Waals surface area contributed by atoms with Crippen molar-refractivity contribution in [3.63, 3.8) is 0 Å². The third kappa shape index (κ3) is 5.32. The number of hydrogen-bond acceptors (Lipinski definition) is 4. The number of fused-ring (bicyclic) bond motifs is 1. The van der Waals surface area contributed by atoms with Crippen molar-refractivity contribution in [1.82, 2.24) is 5.32 Å². The van der Waals surface area contributed by atoms with Gasteiger partial charge in [-0.1, -0.05) is 45.0 Å². The molecule has 2 aromatic rings. The van der Waals surface area contributed by atoms with Crippen molar-refractivity contribution in [2.45, 2.75) is 52.2 Å². The molecule has 0 bridgehead atoms. The number of carbonyl (C=O) groups is 2. The zero-order chi connectivity index (χ0) is 21.5. The zero-order valence-corrected chi connectivity index (χ0v) is 18.0. The molecule has 0 saturated carbocycles. The minimum atomic E-state index is -0.655. The molecule has 2 amide bonds. The maximum atomic E-state index is 12.8. The van der Waals surface area contributed by atoms with Gasteiger partial charge >= 0.3 is 0 Å². The molecule has 1 aliphatic rings. The fourth-order valence-electron chi connectivity index (χ4n) is 3.58. The van der Waals surface area contributed by atoms with Gasteiger partial charge in [0.1, 0.15) is 5.75 Å². The Bertz CT molecular complexity index is 862. The van der Waals surface area contributed by atoms with Crippen molar-refractivity contribution >= 4 is 23.2 Å². The first-order valence-electron chi connectivity index (χ1n) is 10.7. The van der Waals surface area contributed by atoms with E-state index in [9.17, 15) is 9.59 Å². The lowest BCUT2D eigenvalue weighted by molar-refractivity contribution is -0.129. The van der Waals surface area contributed by atoms with Crippen molar-refractivity contribution in [1.29, 1.82) is 0 Å². The molecule has 2 N–H and O–H groups in total. The number of rotatable bonds is 8. The van der Waals surface area contributed by atoms with Crippen LogP contribution in [0.2, 0.25) is 0 Å². The van der Waals surface area contributed by atoms with Gasteiger partial charge in [0.2, 0.25) is 5.91 Å². The van der Waals surface area contributed by atoms with Gasteiger partial charge in [0.15, 0.2) is 6.10 Å². The van der Waals surface area contributed by atoms with E-state index in [-0.39, 0.29) is 24.4 Å². The molecule has 1 atom stereocenters. The summed E-state index contributed by atoms with van der Waals surface area (Å²) in [6.07, 6.45) is 2.04. The normalized spacial score (nSPS) is 15.3. The molecule has 2 aromatic carbocycles. The fourth-order valence-corrected chi connectivity index (χ4v) is 3.58. The molecular weight excluding hydrogens is 378 g/mol. The number of ether oxygens (including phenoxy) is 1. The third-order valence-electron chi connectivity index (χ3n) is 5.47. The van der Waals surface area contributed by atoms with Crippen LogP contribution in [0.15, 0.2) is 48.5 Å². The van der Waals surface area contributed by atoms with Gasteiger partial charge in [0.25, 0.3) is 5.91 Å². The van der Waals surface area contributed by atoms with Gasteiger partial charge in [0, 0.05) is 11.7 Å². The highest BCUT2D eigenvalue weighted by molar-refractivity contribution is 5.95. The van der Waals surface area contributed by atoms with E-state index in [1.807, 2.05) is 53.4 Å². The standard InChI is InChI=1S/C24H31N3O3/c1-4-17-11-13-19(14-12-17)25-23(28)16-27-15-22(24(29)26-18(5-2)6-3)30-21-10-8-7-9-20(21)27/h7-14,18,22H,4-6,15-16H2,1-3H3,(H,25,28)(H,26,29). The van der Waals surface area contributed by atoms with Crippen molar-refractivity contribution in [2.24, 2.45) is 0 Å². The predicted molar refractivity (Wildman–Crippen MR) is 120 cm³/mol. The van der Waals surface area contributed by atoms with Gasteiger partial charge in [-0.15, -0.1) is 0 Å². The van der Waals surface area contributed by atoms with Gasteiger partial charge in [-0.2, -0.15) is 0 Å². The van der Waals surface area contributed by atoms with E-state index in [4.69, 9.17) is 4.74 Å². The van der Waals surface area contributed by atoms with Crippen LogP contribution in [0.25, 0.3) is 0 Å². The monoisotopic (exact) mass is 409 g/mol. The number of hydrogen-bond donors (Lipinski definition) is 2. The van der Waals surface area contributed by atoms with Crippen LogP contribution >= 0.6 is 0 Å². The van der Waals surface area contributed by atoms with Gasteiger partial charge in [-0.05, 0) is 49.1 Å². The Labute approximate surface area is 178 Å².